The maximum Gasteiger partial charge on any atom is 0.164 e. The molecule has 6 heteroatoms. The molecule has 0 aliphatic rings. The van der Waals surface area contributed by atoms with Crippen LogP contribution in [0.2, 0.25) is 0 Å². The molecule has 0 unspecified atom stereocenters. The standard InChI is InChI=1S/C51H31N5S/c1-4-16-32(17-5-1)49-52-50(33-18-6-2-7-19-33)54-51(53-49)34-30-43(46-40-24-12-15-27-44(40)57-45(46)31-34)56-42-26-14-11-23-37(42)39-29-28-38-36-22-10-13-25-41(36)55(47(38)48(39)56)35-20-8-3-9-21-35/h1-31H. The summed E-state index contributed by atoms with van der Waals surface area (Å²) in [5.74, 6) is 1.92. The molecule has 0 amide bonds. The van der Waals surface area contributed by atoms with Crippen molar-refractivity contribution >= 4 is 75.1 Å². The average molecular weight is 746 g/mol. The highest BCUT2D eigenvalue weighted by Crippen LogP contribution is 2.46. The van der Waals surface area contributed by atoms with E-state index in [1.165, 1.54) is 52.8 Å². The second-order valence-electron chi connectivity index (χ2n) is 14.4. The summed E-state index contributed by atoms with van der Waals surface area (Å²) in [6.45, 7) is 0. The third-order valence-electron chi connectivity index (χ3n) is 11.1. The lowest BCUT2D eigenvalue weighted by atomic mass is 10.1. The van der Waals surface area contributed by atoms with E-state index in [1.54, 1.807) is 0 Å². The number of hydrogen-bond acceptors (Lipinski definition) is 4. The second kappa shape index (κ2) is 12.6. The highest BCUT2D eigenvalue weighted by Gasteiger charge is 2.24. The summed E-state index contributed by atoms with van der Waals surface area (Å²) in [5.41, 5.74) is 9.69. The first-order valence-corrected chi connectivity index (χ1v) is 19.9. The van der Waals surface area contributed by atoms with E-state index in [-0.39, 0.29) is 0 Å². The van der Waals surface area contributed by atoms with E-state index >= 15 is 0 Å². The van der Waals surface area contributed by atoms with E-state index in [0.29, 0.717) is 17.5 Å². The van der Waals surface area contributed by atoms with Crippen molar-refractivity contribution in [2.45, 2.75) is 0 Å². The molecule has 0 atom stereocenters. The number of rotatable bonds is 5. The van der Waals surface area contributed by atoms with Gasteiger partial charge in [-0.3, -0.25) is 0 Å². The molecule has 0 saturated carbocycles. The zero-order valence-corrected chi connectivity index (χ0v) is 31.4. The molecule has 4 aromatic heterocycles. The minimum Gasteiger partial charge on any atom is -0.307 e. The highest BCUT2D eigenvalue weighted by molar-refractivity contribution is 7.26. The fourth-order valence-electron chi connectivity index (χ4n) is 8.67. The van der Waals surface area contributed by atoms with Crippen LogP contribution < -0.4 is 0 Å². The van der Waals surface area contributed by atoms with E-state index < -0.39 is 0 Å². The van der Waals surface area contributed by atoms with Gasteiger partial charge in [0, 0.05) is 64.1 Å². The van der Waals surface area contributed by atoms with Crippen molar-refractivity contribution in [3.8, 4) is 45.5 Å². The third-order valence-corrected chi connectivity index (χ3v) is 12.3. The maximum absolute atomic E-state index is 5.21. The molecule has 12 aromatic rings. The number of aromatic nitrogens is 5. The zero-order valence-electron chi connectivity index (χ0n) is 30.5. The number of hydrogen-bond donors (Lipinski definition) is 0. The fraction of sp³-hybridized carbons (Fsp3) is 0. The molecule has 0 aliphatic heterocycles. The highest BCUT2D eigenvalue weighted by atomic mass is 32.1. The first-order valence-electron chi connectivity index (χ1n) is 19.1. The number of fused-ring (bicyclic) bond motifs is 10. The van der Waals surface area contributed by atoms with Gasteiger partial charge in [-0.05, 0) is 42.5 Å². The molecule has 8 aromatic carbocycles. The van der Waals surface area contributed by atoms with E-state index in [4.69, 9.17) is 15.0 Å². The lowest BCUT2D eigenvalue weighted by Crippen LogP contribution is -2.02. The van der Waals surface area contributed by atoms with E-state index in [9.17, 15) is 0 Å². The summed E-state index contributed by atoms with van der Waals surface area (Å²) in [7, 11) is 0. The molecule has 57 heavy (non-hydrogen) atoms. The first kappa shape index (κ1) is 31.9. The van der Waals surface area contributed by atoms with Gasteiger partial charge in [-0.2, -0.15) is 0 Å². The van der Waals surface area contributed by atoms with Crippen molar-refractivity contribution < 1.29 is 0 Å². The predicted molar refractivity (Wildman–Crippen MR) is 238 cm³/mol. The molecule has 12 rings (SSSR count). The summed E-state index contributed by atoms with van der Waals surface area (Å²) < 4.78 is 7.36. The predicted octanol–water partition coefficient (Wildman–Crippen LogP) is 13.4. The van der Waals surface area contributed by atoms with Gasteiger partial charge >= 0.3 is 0 Å². The van der Waals surface area contributed by atoms with Gasteiger partial charge in [0.25, 0.3) is 0 Å². The molecule has 0 aliphatic carbocycles. The molecule has 0 spiro atoms. The van der Waals surface area contributed by atoms with Crippen molar-refractivity contribution in [1.29, 1.82) is 0 Å². The molecule has 0 saturated heterocycles. The quantitative estimate of drug-likeness (QED) is 0.176. The average Bonchev–Trinajstić information content (AvgIpc) is 3.95. The Morgan fingerprint density at radius 2 is 0.825 bits per heavy atom. The Morgan fingerprint density at radius 3 is 1.44 bits per heavy atom. The third kappa shape index (κ3) is 4.91. The van der Waals surface area contributed by atoms with Crippen LogP contribution in [0.4, 0.5) is 0 Å². The Bertz CT molecular complexity index is 3450. The van der Waals surface area contributed by atoms with E-state index in [0.717, 1.165) is 39.1 Å². The van der Waals surface area contributed by atoms with Crippen LogP contribution in [0.15, 0.2) is 188 Å². The molecule has 266 valence electrons. The van der Waals surface area contributed by atoms with Crippen LogP contribution in [0.3, 0.4) is 0 Å². The van der Waals surface area contributed by atoms with Gasteiger partial charge in [0.15, 0.2) is 17.5 Å². The van der Waals surface area contributed by atoms with E-state index in [1.807, 2.05) is 47.7 Å². The van der Waals surface area contributed by atoms with Crippen LogP contribution >= 0.6 is 11.3 Å². The van der Waals surface area contributed by atoms with Crippen LogP contribution in [-0.2, 0) is 0 Å². The normalized spacial score (nSPS) is 11.9. The number of thiophene rings is 1. The smallest absolute Gasteiger partial charge is 0.164 e. The topological polar surface area (TPSA) is 48.5 Å². The first-order chi connectivity index (χ1) is 28.3. The van der Waals surface area contributed by atoms with Crippen LogP contribution in [0.5, 0.6) is 0 Å². The largest absolute Gasteiger partial charge is 0.307 e. The Balaban J connectivity index is 1.25. The minimum absolute atomic E-state index is 0.632. The minimum atomic E-state index is 0.632. The molecule has 0 fully saturated rings. The summed E-state index contributed by atoms with van der Waals surface area (Å²) >= 11 is 1.81. The molecule has 4 heterocycles. The van der Waals surface area contributed by atoms with Gasteiger partial charge in [-0.25, -0.2) is 15.0 Å². The van der Waals surface area contributed by atoms with Crippen LogP contribution in [0.1, 0.15) is 0 Å². The monoisotopic (exact) mass is 745 g/mol. The van der Waals surface area contributed by atoms with Gasteiger partial charge in [0.2, 0.25) is 0 Å². The Labute approximate surface area is 331 Å². The van der Waals surface area contributed by atoms with Crippen molar-refractivity contribution in [2.75, 3.05) is 0 Å². The summed E-state index contributed by atoms with van der Waals surface area (Å²) in [4.78, 5) is 15.4. The number of nitrogens with zero attached hydrogens (tertiary/aromatic N) is 5. The SMILES string of the molecule is c1ccc(-c2nc(-c3ccccc3)nc(-c3cc(-n4c5ccccc5c5ccc6c7ccccc7n(-c7ccccc7)c6c54)c4c(c3)sc3ccccc34)n2)cc1. The maximum atomic E-state index is 5.21. The molecule has 5 nitrogen and oxygen atoms in total. The number of benzene rings is 8. The van der Waals surface area contributed by atoms with Crippen molar-refractivity contribution in [3.63, 3.8) is 0 Å². The summed E-state index contributed by atoms with van der Waals surface area (Å²) in [6, 6.07) is 66.7. The van der Waals surface area contributed by atoms with Crippen LogP contribution in [-0.4, -0.2) is 24.1 Å². The summed E-state index contributed by atoms with van der Waals surface area (Å²) in [6.07, 6.45) is 0. The molecule has 0 bridgehead atoms. The van der Waals surface area contributed by atoms with Crippen LogP contribution in [0.25, 0.3) is 109 Å². The van der Waals surface area contributed by atoms with Gasteiger partial charge < -0.3 is 9.13 Å². The molecular formula is C51H31N5S. The van der Waals surface area contributed by atoms with Crippen LogP contribution in [0, 0.1) is 0 Å². The lowest BCUT2D eigenvalue weighted by Gasteiger charge is -2.15. The van der Waals surface area contributed by atoms with E-state index in [2.05, 4.69) is 161 Å². The molecular weight excluding hydrogens is 715 g/mol. The van der Waals surface area contributed by atoms with Gasteiger partial charge in [-0.1, -0.05) is 146 Å². The van der Waals surface area contributed by atoms with Crippen molar-refractivity contribution in [3.05, 3.63) is 188 Å². The zero-order chi connectivity index (χ0) is 37.5. The molecule has 0 N–H and O–H groups in total. The Morgan fingerprint density at radius 1 is 0.351 bits per heavy atom. The van der Waals surface area contributed by atoms with Gasteiger partial charge in [0.1, 0.15) is 0 Å². The number of para-hydroxylation sites is 3. The fourth-order valence-corrected chi connectivity index (χ4v) is 9.84. The summed E-state index contributed by atoms with van der Waals surface area (Å²) in [5, 5.41) is 7.28. The van der Waals surface area contributed by atoms with Crippen molar-refractivity contribution in [1.82, 2.24) is 24.1 Å². The second-order valence-corrected chi connectivity index (χ2v) is 15.5. The lowest BCUT2D eigenvalue weighted by molar-refractivity contribution is 1.07. The molecule has 0 radical (unpaired) electrons. The van der Waals surface area contributed by atoms with Gasteiger partial charge in [-0.15, -0.1) is 11.3 Å². The Hall–Kier alpha value is -7.41. The Kier molecular flexibility index (Phi) is 7.03. The van der Waals surface area contributed by atoms with Gasteiger partial charge in [0.05, 0.1) is 27.8 Å². The van der Waals surface area contributed by atoms with Crippen molar-refractivity contribution in [2.24, 2.45) is 0 Å².